The highest BCUT2D eigenvalue weighted by Gasteiger charge is 2.32. The Morgan fingerprint density at radius 3 is 2.62 bits per heavy atom. The highest BCUT2D eigenvalue weighted by atomic mass is 32.2. The van der Waals surface area contributed by atoms with E-state index in [9.17, 15) is 18.0 Å². The van der Waals surface area contributed by atoms with Gasteiger partial charge in [0.25, 0.3) is 0 Å². The first-order valence-corrected chi connectivity index (χ1v) is 10.6. The van der Waals surface area contributed by atoms with E-state index in [1.807, 2.05) is 16.5 Å². The number of alkyl halides is 3. The Bertz CT molecular complexity index is 904. The van der Waals surface area contributed by atoms with Gasteiger partial charge < -0.3 is 14.8 Å². The van der Waals surface area contributed by atoms with Crippen molar-refractivity contribution in [3.63, 3.8) is 0 Å². The molecule has 0 atom stereocenters. The van der Waals surface area contributed by atoms with Gasteiger partial charge in [0.1, 0.15) is 5.82 Å². The number of benzene rings is 1. The summed E-state index contributed by atoms with van der Waals surface area (Å²) in [5.74, 6) is 1.04. The van der Waals surface area contributed by atoms with E-state index in [-0.39, 0.29) is 17.3 Å². The fourth-order valence-corrected chi connectivity index (χ4v) is 4.23. The molecule has 1 aromatic heterocycles. The van der Waals surface area contributed by atoms with Crippen LogP contribution in [0.1, 0.15) is 43.0 Å². The van der Waals surface area contributed by atoms with Crippen molar-refractivity contribution < 1.29 is 18.0 Å². The van der Waals surface area contributed by atoms with Crippen LogP contribution in [0.25, 0.3) is 0 Å². The average molecular weight is 425 g/mol. The van der Waals surface area contributed by atoms with E-state index < -0.39 is 11.7 Å². The van der Waals surface area contributed by atoms with Gasteiger partial charge in [-0.3, -0.25) is 4.79 Å². The second-order valence-electron chi connectivity index (χ2n) is 7.43. The van der Waals surface area contributed by atoms with Crippen LogP contribution in [0.5, 0.6) is 0 Å². The van der Waals surface area contributed by atoms with E-state index in [0.29, 0.717) is 16.8 Å². The van der Waals surface area contributed by atoms with Crippen LogP contribution in [-0.4, -0.2) is 39.5 Å². The summed E-state index contributed by atoms with van der Waals surface area (Å²) >= 11 is 1.23. The number of anilines is 2. The molecule has 2 aliphatic rings. The Morgan fingerprint density at radius 2 is 1.97 bits per heavy atom. The molecule has 1 N–H and O–H groups in total. The van der Waals surface area contributed by atoms with Gasteiger partial charge in [-0.25, -0.2) is 0 Å². The van der Waals surface area contributed by atoms with Crippen molar-refractivity contribution in [2.24, 2.45) is 7.05 Å². The molecule has 4 rings (SSSR count). The minimum atomic E-state index is -4.46. The van der Waals surface area contributed by atoms with Crippen molar-refractivity contribution >= 4 is 29.0 Å². The van der Waals surface area contributed by atoms with Crippen molar-refractivity contribution in [1.29, 1.82) is 0 Å². The number of halogens is 3. The highest BCUT2D eigenvalue weighted by Crippen LogP contribution is 2.40. The maximum Gasteiger partial charge on any atom is 0.416 e. The lowest BCUT2D eigenvalue weighted by Crippen LogP contribution is -2.22. The SMILES string of the molecule is Cn1c(SCC(=O)Nc2cc(C(F)(F)F)ccc2N2CCCC2)nnc1C1CC1. The number of carbonyl (C=O) groups excluding carboxylic acids is 1. The van der Waals surface area contributed by atoms with Gasteiger partial charge in [-0.05, 0) is 43.9 Å². The van der Waals surface area contributed by atoms with Gasteiger partial charge in [-0.15, -0.1) is 10.2 Å². The molecule has 0 bridgehead atoms. The van der Waals surface area contributed by atoms with Crippen LogP contribution in [0, 0.1) is 0 Å². The number of hydrogen-bond donors (Lipinski definition) is 1. The molecule has 0 unspecified atom stereocenters. The van der Waals surface area contributed by atoms with E-state index in [1.54, 1.807) is 0 Å². The van der Waals surface area contributed by atoms with E-state index in [1.165, 1.54) is 17.8 Å². The lowest BCUT2D eigenvalue weighted by atomic mass is 10.1. The van der Waals surface area contributed by atoms with Gasteiger partial charge in [0, 0.05) is 26.1 Å². The van der Waals surface area contributed by atoms with E-state index in [2.05, 4.69) is 15.5 Å². The standard InChI is InChI=1S/C19H22F3N5OS/c1-26-17(12-4-5-12)24-25-18(26)29-11-16(28)23-14-10-13(19(20,21)22)6-7-15(14)27-8-2-3-9-27/h6-7,10,12H,2-5,8-9,11H2,1H3,(H,23,28). The molecule has 2 fully saturated rings. The number of nitrogens with zero attached hydrogens (tertiary/aromatic N) is 4. The molecule has 156 valence electrons. The van der Waals surface area contributed by atoms with Crippen LogP contribution in [0.15, 0.2) is 23.4 Å². The Hall–Kier alpha value is -2.23. The molecule has 0 spiro atoms. The molecule has 1 saturated carbocycles. The van der Waals surface area contributed by atoms with Gasteiger partial charge in [-0.2, -0.15) is 13.2 Å². The summed E-state index contributed by atoms with van der Waals surface area (Å²) in [5.41, 5.74) is 0.0539. The molecule has 2 aromatic rings. The van der Waals surface area contributed by atoms with Crippen molar-refractivity contribution in [3.05, 3.63) is 29.6 Å². The summed E-state index contributed by atoms with van der Waals surface area (Å²) < 4.78 is 41.3. The lowest BCUT2D eigenvalue weighted by molar-refractivity contribution is -0.137. The topological polar surface area (TPSA) is 63.1 Å². The zero-order chi connectivity index (χ0) is 20.6. The highest BCUT2D eigenvalue weighted by molar-refractivity contribution is 7.99. The number of aromatic nitrogens is 3. The molecule has 0 radical (unpaired) electrons. The summed E-state index contributed by atoms with van der Waals surface area (Å²) in [5, 5.41) is 11.6. The molecule has 1 aromatic carbocycles. The molecule has 1 saturated heterocycles. The number of rotatable bonds is 6. The van der Waals surface area contributed by atoms with E-state index in [0.717, 1.165) is 56.7 Å². The molecule has 1 amide bonds. The molecular weight excluding hydrogens is 403 g/mol. The van der Waals surface area contributed by atoms with E-state index >= 15 is 0 Å². The predicted octanol–water partition coefficient (Wildman–Crippen LogP) is 4.04. The molecule has 1 aliphatic heterocycles. The number of amides is 1. The zero-order valence-electron chi connectivity index (χ0n) is 16.0. The van der Waals surface area contributed by atoms with Gasteiger partial charge >= 0.3 is 6.18 Å². The Kier molecular flexibility index (Phi) is 5.46. The largest absolute Gasteiger partial charge is 0.416 e. The number of nitrogens with one attached hydrogen (secondary N) is 1. The molecule has 1 aliphatic carbocycles. The fraction of sp³-hybridized carbons (Fsp3) is 0.526. The monoisotopic (exact) mass is 425 g/mol. The van der Waals surface area contributed by atoms with Crippen LogP contribution in [0.4, 0.5) is 24.5 Å². The summed E-state index contributed by atoms with van der Waals surface area (Å²) in [4.78, 5) is 14.5. The average Bonchev–Trinajstić information content (AvgIpc) is 3.22. The van der Waals surface area contributed by atoms with Crippen LogP contribution in [0.2, 0.25) is 0 Å². The maximum absolute atomic E-state index is 13.2. The zero-order valence-corrected chi connectivity index (χ0v) is 16.8. The Morgan fingerprint density at radius 1 is 1.24 bits per heavy atom. The van der Waals surface area contributed by atoms with Crippen LogP contribution in [0.3, 0.4) is 0 Å². The summed E-state index contributed by atoms with van der Waals surface area (Å²) in [6.07, 6.45) is -0.285. The molecule has 6 nitrogen and oxygen atoms in total. The normalized spacial score (nSPS) is 17.0. The molecular formula is C19H22F3N5OS. The first-order chi connectivity index (χ1) is 13.8. The fourth-order valence-electron chi connectivity index (χ4n) is 3.51. The summed E-state index contributed by atoms with van der Waals surface area (Å²) in [7, 11) is 1.87. The lowest BCUT2D eigenvalue weighted by Gasteiger charge is -2.23. The number of thioether (sulfide) groups is 1. The van der Waals surface area contributed by atoms with Crippen molar-refractivity contribution in [2.75, 3.05) is 29.1 Å². The second-order valence-corrected chi connectivity index (χ2v) is 8.38. The van der Waals surface area contributed by atoms with E-state index in [4.69, 9.17) is 0 Å². The Balaban J connectivity index is 1.47. The van der Waals surface area contributed by atoms with Crippen molar-refractivity contribution in [1.82, 2.24) is 14.8 Å². The second kappa shape index (κ2) is 7.89. The Labute approximate surface area is 170 Å². The smallest absolute Gasteiger partial charge is 0.370 e. The molecule has 2 heterocycles. The summed E-state index contributed by atoms with van der Waals surface area (Å²) in [6.45, 7) is 1.54. The van der Waals surface area contributed by atoms with Gasteiger partial charge in [0.2, 0.25) is 5.91 Å². The minimum Gasteiger partial charge on any atom is -0.370 e. The molecule has 10 heteroatoms. The first kappa shape index (κ1) is 20.1. The summed E-state index contributed by atoms with van der Waals surface area (Å²) in [6, 6.07) is 3.53. The first-order valence-electron chi connectivity index (χ1n) is 9.61. The third-order valence-corrected chi connectivity index (χ3v) is 6.21. The van der Waals surface area contributed by atoms with Crippen LogP contribution >= 0.6 is 11.8 Å². The van der Waals surface area contributed by atoms with Gasteiger partial charge in [-0.1, -0.05) is 11.8 Å². The quantitative estimate of drug-likeness (QED) is 0.708. The number of carbonyl (C=O) groups is 1. The third-order valence-electron chi connectivity index (χ3n) is 5.19. The van der Waals surface area contributed by atoms with Crippen LogP contribution < -0.4 is 10.2 Å². The number of hydrogen-bond acceptors (Lipinski definition) is 5. The van der Waals surface area contributed by atoms with Gasteiger partial charge in [0.05, 0.1) is 22.7 Å². The predicted molar refractivity (Wildman–Crippen MR) is 105 cm³/mol. The van der Waals surface area contributed by atoms with Gasteiger partial charge in [0.15, 0.2) is 5.16 Å². The van der Waals surface area contributed by atoms with Crippen molar-refractivity contribution in [2.45, 2.75) is 42.9 Å². The van der Waals surface area contributed by atoms with Crippen LogP contribution in [-0.2, 0) is 18.0 Å². The third kappa shape index (κ3) is 4.52. The molecule has 29 heavy (non-hydrogen) atoms. The van der Waals surface area contributed by atoms with Crippen molar-refractivity contribution in [3.8, 4) is 0 Å². The minimum absolute atomic E-state index is 0.0479. The maximum atomic E-state index is 13.2.